The van der Waals surface area contributed by atoms with Gasteiger partial charge in [-0.3, -0.25) is 4.79 Å². The molecule has 0 spiro atoms. The zero-order valence-corrected chi connectivity index (χ0v) is 12.9. The Morgan fingerprint density at radius 1 is 1.33 bits per heavy atom. The highest BCUT2D eigenvalue weighted by Gasteiger charge is 2.13. The predicted molar refractivity (Wildman–Crippen MR) is 82.6 cm³/mol. The summed E-state index contributed by atoms with van der Waals surface area (Å²) in [4.78, 5) is 24.5. The summed E-state index contributed by atoms with van der Waals surface area (Å²) in [6.45, 7) is 1.56. The van der Waals surface area contributed by atoms with Gasteiger partial charge in [0.15, 0.2) is 6.61 Å². The van der Waals surface area contributed by atoms with Crippen LogP contribution in [0.25, 0.3) is 0 Å². The highest BCUT2D eigenvalue weighted by Crippen LogP contribution is 2.17. The second-order valence-corrected chi connectivity index (χ2v) is 5.81. The molecule has 1 heterocycles. The fourth-order valence-electron chi connectivity index (χ4n) is 1.72. The molecule has 1 amide bonds. The fraction of sp³-hybridized carbons (Fsp3) is 0.200. The third-order valence-corrected chi connectivity index (χ3v) is 4.03. The van der Waals surface area contributed by atoms with E-state index in [1.165, 1.54) is 6.07 Å². The van der Waals surface area contributed by atoms with Crippen LogP contribution >= 0.6 is 22.9 Å². The Morgan fingerprint density at radius 3 is 2.81 bits per heavy atom. The highest BCUT2D eigenvalue weighted by atomic mass is 35.5. The Balaban J connectivity index is 1.82. The standard InChI is InChI=1S/C15H14ClNO3S/c1-10(13-6-3-7-21-13)17-14(18)9-20-15(19)11-4-2-5-12(16)8-11/h2-8,10H,9H2,1H3,(H,17,18)/t10-/m0/s1. The minimum absolute atomic E-state index is 0.109. The Morgan fingerprint density at radius 2 is 2.14 bits per heavy atom. The van der Waals surface area contributed by atoms with Gasteiger partial charge in [0.25, 0.3) is 5.91 Å². The molecule has 110 valence electrons. The lowest BCUT2D eigenvalue weighted by atomic mass is 10.2. The lowest BCUT2D eigenvalue weighted by Crippen LogP contribution is -2.30. The molecule has 1 aromatic carbocycles. The number of ether oxygens (including phenoxy) is 1. The number of benzene rings is 1. The maximum atomic E-state index is 11.8. The molecular formula is C15H14ClNO3S. The fourth-order valence-corrected chi connectivity index (χ4v) is 2.65. The minimum atomic E-state index is -0.573. The van der Waals surface area contributed by atoms with Crippen molar-refractivity contribution in [3.63, 3.8) is 0 Å². The van der Waals surface area contributed by atoms with Crippen molar-refractivity contribution in [1.82, 2.24) is 5.32 Å². The third-order valence-electron chi connectivity index (χ3n) is 2.74. The van der Waals surface area contributed by atoms with E-state index in [-0.39, 0.29) is 18.6 Å². The van der Waals surface area contributed by atoms with Crippen LogP contribution in [0.5, 0.6) is 0 Å². The first-order valence-corrected chi connectivity index (χ1v) is 7.57. The van der Waals surface area contributed by atoms with E-state index in [0.717, 1.165) is 4.88 Å². The number of hydrogen-bond donors (Lipinski definition) is 1. The smallest absolute Gasteiger partial charge is 0.338 e. The molecule has 2 rings (SSSR count). The van der Waals surface area contributed by atoms with Crippen molar-refractivity contribution in [3.8, 4) is 0 Å². The van der Waals surface area contributed by atoms with Crippen molar-refractivity contribution >= 4 is 34.8 Å². The molecule has 6 heteroatoms. The van der Waals surface area contributed by atoms with Crippen LogP contribution in [0.2, 0.25) is 5.02 Å². The largest absolute Gasteiger partial charge is 0.452 e. The summed E-state index contributed by atoms with van der Waals surface area (Å²) in [7, 11) is 0. The maximum absolute atomic E-state index is 11.8. The number of carbonyl (C=O) groups excluding carboxylic acids is 2. The van der Waals surface area contributed by atoms with E-state index >= 15 is 0 Å². The van der Waals surface area contributed by atoms with Crippen molar-refractivity contribution in [2.24, 2.45) is 0 Å². The van der Waals surface area contributed by atoms with Crippen LogP contribution in [0.3, 0.4) is 0 Å². The topological polar surface area (TPSA) is 55.4 Å². The van der Waals surface area contributed by atoms with Gasteiger partial charge >= 0.3 is 5.97 Å². The van der Waals surface area contributed by atoms with Gasteiger partial charge in [-0.2, -0.15) is 0 Å². The van der Waals surface area contributed by atoms with Gasteiger partial charge in [0.1, 0.15) is 0 Å². The molecule has 0 aliphatic rings. The molecule has 1 N–H and O–H groups in total. The number of hydrogen-bond acceptors (Lipinski definition) is 4. The first-order chi connectivity index (χ1) is 10.1. The number of thiophene rings is 1. The molecular weight excluding hydrogens is 310 g/mol. The van der Waals surface area contributed by atoms with Crippen LogP contribution in [0, 0.1) is 0 Å². The number of carbonyl (C=O) groups is 2. The molecule has 21 heavy (non-hydrogen) atoms. The summed E-state index contributed by atoms with van der Waals surface area (Å²) in [6, 6.07) is 10.1. The summed E-state index contributed by atoms with van der Waals surface area (Å²) >= 11 is 7.35. The number of amides is 1. The molecule has 1 aromatic heterocycles. The molecule has 0 aliphatic heterocycles. The van der Waals surface area contributed by atoms with Gasteiger partial charge in [0.05, 0.1) is 11.6 Å². The zero-order valence-electron chi connectivity index (χ0n) is 11.3. The monoisotopic (exact) mass is 323 g/mol. The van der Waals surface area contributed by atoms with E-state index in [4.69, 9.17) is 16.3 Å². The van der Waals surface area contributed by atoms with Crippen LogP contribution in [0.4, 0.5) is 0 Å². The van der Waals surface area contributed by atoms with Gasteiger partial charge in [-0.05, 0) is 36.6 Å². The molecule has 0 saturated carbocycles. The highest BCUT2D eigenvalue weighted by molar-refractivity contribution is 7.10. The average molecular weight is 324 g/mol. The minimum Gasteiger partial charge on any atom is -0.452 e. The van der Waals surface area contributed by atoms with Crippen molar-refractivity contribution in [3.05, 3.63) is 57.2 Å². The lowest BCUT2D eigenvalue weighted by Gasteiger charge is -2.12. The normalized spacial score (nSPS) is 11.7. The molecule has 2 aromatic rings. The van der Waals surface area contributed by atoms with Crippen molar-refractivity contribution in [1.29, 1.82) is 0 Å². The molecule has 0 saturated heterocycles. The van der Waals surface area contributed by atoms with Crippen LogP contribution in [-0.2, 0) is 9.53 Å². The second-order valence-electron chi connectivity index (χ2n) is 4.39. The van der Waals surface area contributed by atoms with Gasteiger partial charge in [0, 0.05) is 9.90 Å². The number of nitrogens with one attached hydrogen (secondary N) is 1. The Hall–Kier alpha value is -1.85. The predicted octanol–water partition coefficient (Wildman–Crippen LogP) is 3.44. The van der Waals surface area contributed by atoms with Crippen LogP contribution in [0.15, 0.2) is 41.8 Å². The van der Waals surface area contributed by atoms with Crippen LogP contribution in [0.1, 0.15) is 28.2 Å². The van der Waals surface area contributed by atoms with Crippen LogP contribution in [-0.4, -0.2) is 18.5 Å². The van der Waals surface area contributed by atoms with Gasteiger partial charge < -0.3 is 10.1 Å². The van der Waals surface area contributed by atoms with Crippen molar-refractivity contribution in [2.75, 3.05) is 6.61 Å². The molecule has 4 nitrogen and oxygen atoms in total. The number of halogens is 1. The summed E-state index contributed by atoms with van der Waals surface area (Å²) in [5.41, 5.74) is 0.321. The summed E-state index contributed by atoms with van der Waals surface area (Å²) in [5, 5.41) is 5.15. The van der Waals surface area contributed by atoms with E-state index < -0.39 is 5.97 Å². The molecule has 0 aliphatic carbocycles. The third kappa shape index (κ3) is 4.58. The van der Waals surface area contributed by atoms with Gasteiger partial charge in [-0.15, -0.1) is 11.3 Å². The molecule has 0 radical (unpaired) electrons. The summed E-state index contributed by atoms with van der Waals surface area (Å²) < 4.78 is 4.96. The quantitative estimate of drug-likeness (QED) is 0.858. The number of esters is 1. The van der Waals surface area contributed by atoms with E-state index in [1.807, 2.05) is 24.4 Å². The van der Waals surface area contributed by atoms with Crippen molar-refractivity contribution in [2.45, 2.75) is 13.0 Å². The van der Waals surface area contributed by atoms with E-state index in [9.17, 15) is 9.59 Å². The molecule has 0 unspecified atom stereocenters. The Labute approximate surface area is 131 Å². The van der Waals surface area contributed by atoms with E-state index in [2.05, 4.69) is 5.32 Å². The van der Waals surface area contributed by atoms with Gasteiger partial charge in [-0.25, -0.2) is 4.79 Å². The Bertz CT molecular complexity index is 628. The number of rotatable bonds is 5. The molecule has 1 atom stereocenters. The Kier molecular flexibility index (Phi) is 5.36. The summed E-state index contributed by atoms with van der Waals surface area (Å²) in [6.07, 6.45) is 0. The molecule has 0 bridgehead atoms. The maximum Gasteiger partial charge on any atom is 0.338 e. The van der Waals surface area contributed by atoms with Crippen LogP contribution < -0.4 is 5.32 Å². The zero-order chi connectivity index (χ0) is 15.2. The summed E-state index contributed by atoms with van der Waals surface area (Å²) in [5.74, 6) is -0.914. The SMILES string of the molecule is C[C@H](NC(=O)COC(=O)c1cccc(Cl)c1)c1cccs1. The van der Waals surface area contributed by atoms with E-state index in [1.54, 1.807) is 29.5 Å². The van der Waals surface area contributed by atoms with E-state index in [0.29, 0.717) is 10.6 Å². The molecule has 0 fully saturated rings. The van der Waals surface area contributed by atoms with Crippen molar-refractivity contribution < 1.29 is 14.3 Å². The lowest BCUT2D eigenvalue weighted by molar-refractivity contribution is -0.124. The van der Waals surface area contributed by atoms with Gasteiger partial charge in [-0.1, -0.05) is 23.7 Å². The first-order valence-electron chi connectivity index (χ1n) is 6.31. The average Bonchev–Trinajstić information content (AvgIpc) is 2.99. The van der Waals surface area contributed by atoms with Gasteiger partial charge in [0.2, 0.25) is 0 Å². The second kappa shape index (κ2) is 7.24. The first kappa shape index (κ1) is 15.5.